The molecule has 1 aromatic carbocycles. The second-order valence-corrected chi connectivity index (χ2v) is 7.14. The number of halogens is 1. The molecule has 9 heteroatoms. The monoisotopic (exact) mass is 386 g/mol. The molecule has 0 bridgehead atoms. The van der Waals surface area contributed by atoms with Crippen LogP contribution in [0.5, 0.6) is 0 Å². The highest BCUT2D eigenvalue weighted by molar-refractivity contribution is 9.10. The minimum Gasteiger partial charge on any atom is -0.376 e. The van der Waals surface area contributed by atoms with E-state index >= 15 is 0 Å². The van der Waals surface area contributed by atoms with E-state index in [1.54, 1.807) is 19.2 Å². The van der Waals surface area contributed by atoms with Gasteiger partial charge in [-0.25, -0.2) is 18.2 Å². The third kappa shape index (κ3) is 3.54. The van der Waals surface area contributed by atoms with Crippen LogP contribution in [0.15, 0.2) is 44.6 Å². The Morgan fingerprint density at radius 3 is 2.73 bits per heavy atom. The first kappa shape index (κ1) is 16.7. The summed E-state index contributed by atoms with van der Waals surface area (Å²) < 4.78 is 24.4. The Morgan fingerprint density at radius 1 is 1.41 bits per heavy atom. The van der Waals surface area contributed by atoms with Crippen molar-refractivity contribution < 1.29 is 8.42 Å². The quantitative estimate of drug-likeness (QED) is 0.824. The third-order valence-electron chi connectivity index (χ3n) is 3.14. The fraction of sp³-hybridized carbons (Fsp3) is 0.231. The highest BCUT2D eigenvalue weighted by atomic mass is 79.9. The van der Waals surface area contributed by atoms with Crippen LogP contribution in [0.2, 0.25) is 0 Å². The zero-order chi connectivity index (χ0) is 16.5. The minimum absolute atomic E-state index is 0.0415. The molecule has 0 amide bonds. The minimum atomic E-state index is -3.75. The number of anilines is 1. The van der Waals surface area contributed by atoms with Gasteiger partial charge in [-0.1, -0.05) is 12.1 Å². The Labute approximate surface area is 136 Å². The van der Waals surface area contributed by atoms with Crippen molar-refractivity contribution in [2.24, 2.45) is 12.2 Å². The molecule has 3 N–H and O–H groups in total. The van der Waals surface area contributed by atoms with Crippen molar-refractivity contribution in [1.29, 1.82) is 0 Å². The van der Waals surface area contributed by atoms with Crippen molar-refractivity contribution in [2.45, 2.75) is 17.9 Å². The summed E-state index contributed by atoms with van der Waals surface area (Å²) in [7, 11) is -2.20. The number of primary sulfonamides is 1. The Bertz CT molecular complexity index is 864. The predicted octanol–water partition coefficient (Wildman–Crippen LogP) is 1.36. The van der Waals surface area contributed by atoms with E-state index in [2.05, 4.69) is 26.3 Å². The SMILES string of the molecule is CC(Nc1cnn(C)c(=O)c1Br)c1cccc(S(N)(=O)=O)c1. The van der Waals surface area contributed by atoms with Crippen LogP contribution in [0, 0.1) is 0 Å². The van der Waals surface area contributed by atoms with E-state index in [0.29, 0.717) is 10.2 Å². The lowest BCUT2D eigenvalue weighted by Crippen LogP contribution is -2.22. The average Bonchev–Trinajstić information content (AvgIpc) is 2.47. The van der Waals surface area contributed by atoms with Crippen LogP contribution in [0.1, 0.15) is 18.5 Å². The number of sulfonamides is 1. The molecule has 0 saturated heterocycles. The van der Waals surface area contributed by atoms with E-state index in [4.69, 9.17) is 5.14 Å². The first-order chi connectivity index (χ1) is 10.2. The van der Waals surface area contributed by atoms with E-state index in [0.717, 1.165) is 5.56 Å². The summed E-state index contributed by atoms with van der Waals surface area (Å²) in [6.45, 7) is 1.84. The summed E-state index contributed by atoms with van der Waals surface area (Å²) in [6, 6.07) is 6.07. The highest BCUT2D eigenvalue weighted by Crippen LogP contribution is 2.24. The number of nitrogens with zero attached hydrogens (tertiary/aromatic N) is 2. The lowest BCUT2D eigenvalue weighted by atomic mass is 10.1. The number of aromatic nitrogens is 2. The van der Waals surface area contributed by atoms with Gasteiger partial charge < -0.3 is 5.32 Å². The number of benzene rings is 1. The summed E-state index contributed by atoms with van der Waals surface area (Å²) in [5, 5.41) is 12.2. The molecule has 0 aliphatic carbocycles. The fourth-order valence-corrected chi connectivity index (χ4v) is 2.93. The Kier molecular flexibility index (Phi) is 4.69. The molecule has 0 spiro atoms. The molecule has 118 valence electrons. The number of hydrogen-bond donors (Lipinski definition) is 2. The maximum Gasteiger partial charge on any atom is 0.282 e. The van der Waals surface area contributed by atoms with Crippen LogP contribution < -0.4 is 16.0 Å². The fourth-order valence-electron chi connectivity index (χ4n) is 1.89. The molecule has 0 saturated carbocycles. The first-order valence-corrected chi connectivity index (χ1v) is 8.65. The van der Waals surface area contributed by atoms with Gasteiger partial charge in [0.05, 0.1) is 16.8 Å². The largest absolute Gasteiger partial charge is 0.376 e. The molecular formula is C13H15BrN4O3S. The van der Waals surface area contributed by atoms with Crippen LogP contribution in [-0.4, -0.2) is 18.2 Å². The number of hydrogen-bond acceptors (Lipinski definition) is 5. The summed E-state index contributed by atoms with van der Waals surface area (Å²) >= 11 is 3.23. The normalized spacial score (nSPS) is 12.9. The molecule has 22 heavy (non-hydrogen) atoms. The molecule has 1 atom stereocenters. The van der Waals surface area contributed by atoms with Crippen LogP contribution in [0.3, 0.4) is 0 Å². The van der Waals surface area contributed by atoms with E-state index in [1.807, 2.05) is 6.92 Å². The van der Waals surface area contributed by atoms with Crippen molar-refractivity contribution in [3.8, 4) is 0 Å². The van der Waals surface area contributed by atoms with Crippen molar-refractivity contribution >= 4 is 31.6 Å². The van der Waals surface area contributed by atoms with Gasteiger partial charge in [0.15, 0.2) is 0 Å². The molecule has 2 aromatic rings. The van der Waals surface area contributed by atoms with Gasteiger partial charge in [-0.15, -0.1) is 0 Å². The van der Waals surface area contributed by atoms with Gasteiger partial charge >= 0.3 is 0 Å². The Morgan fingerprint density at radius 2 is 2.09 bits per heavy atom. The van der Waals surface area contributed by atoms with E-state index < -0.39 is 10.0 Å². The number of aryl methyl sites for hydroxylation is 1. The Balaban J connectivity index is 2.32. The molecule has 1 aromatic heterocycles. The standard InChI is InChI=1S/C13H15BrN4O3S/c1-8(9-4-3-5-10(6-9)22(15,20)21)17-11-7-16-18(2)13(19)12(11)14/h3-8,17H,1-2H3,(H2,15,20,21). The second-order valence-electron chi connectivity index (χ2n) is 4.78. The zero-order valence-electron chi connectivity index (χ0n) is 11.9. The van der Waals surface area contributed by atoms with Gasteiger partial charge in [-0.3, -0.25) is 4.79 Å². The van der Waals surface area contributed by atoms with Crippen LogP contribution >= 0.6 is 15.9 Å². The highest BCUT2D eigenvalue weighted by Gasteiger charge is 2.14. The first-order valence-electron chi connectivity index (χ1n) is 6.31. The van der Waals surface area contributed by atoms with Crippen molar-refractivity contribution in [1.82, 2.24) is 9.78 Å². The Hall–Kier alpha value is -1.71. The lowest BCUT2D eigenvalue weighted by molar-refractivity contribution is 0.597. The van der Waals surface area contributed by atoms with Crippen LogP contribution in [0.4, 0.5) is 5.69 Å². The molecule has 7 nitrogen and oxygen atoms in total. The second kappa shape index (κ2) is 6.19. The molecule has 0 fully saturated rings. The maximum atomic E-state index is 11.8. The van der Waals surface area contributed by atoms with Gasteiger partial charge in [0, 0.05) is 13.1 Å². The number of rotatable bonds is 4. The predicted molar refractivity (Wildman–Crippen MR) is 87.0 cm³/mol. The number of nitrogens with one attached hydrogen (secondary N) is 1. The maximum absolute atomic E-state index is 11.8. The average molecular weight is 387 g/mol. The van der Waals surface area contributed by atoms with Gasteiger partial charge in [-0.05, 0) is 40.5 Å². The van der Waals surface area contributed by atoms with Gasteiger partial charge in [0.2, 0.25) is 10.0 Å². The molecule has 1 unspecified atom stereocenters. The lowest BCUT2D eigenvalue weighted by Gasteiger charge is -2.17. The van der Waals surface area contributed by atoms with Crippen molar-refractivity contribution in [3.05, 3.63) is 50.9 Å². The molecule has 0 aliphatic rings. The van der Waals surface area contributed by atoms with Gasteiger partial charge in [0.1, 0.15) is 4.47 Å². The van der Waals surface area contributed by atoms with Crippen LogP contribution in [0.25, 0.3) is 0 Å². The molecule has 0 radical (unpaired) electrons. The molecule has 1 heterocycles. The van der Waals surface area contributed by atoms with E-state index in [9.17, 15) is 13.2 Å². The number of nitrogens with two attached hydrogens (primary N) is 1. The van der Waals surface area contributed by atoms with E-state index in [1.165, 1.54) is 23.0 Å². The van der Waals surface area contributed by atoms with E-state index in [-0.39, 0.29) is 16.5 Å². The third-order valence-corrected chi connectivity index (χ3v) is 4.81. The molecular weight excluding hydrogens is 372 g/mol. The van der Waals surface area contributed by atoms with Gasteiger partial charge in [-0.2, -0.15) is 5.10 Å². The van der Waals surface area contributed by atoms with Gasteiger partial charge in [0.25, 0.3) is 5.56 Å². The summed E-state index contributed by atoms with van der Waals surface area (Å²) in [6.07, 6.45) is 1.52. The van der Waals surface area contributed by atoms with Crippen molar-refractivity contribution in [3.63, 3.8) is 0 Å². The summed E-state index contributed by atoms with van der Waals surface area (Å²) in [4.78, 5) is 11.9. The van der Waals surface area contributed by atoms with Crippen molar-refractivity contribution in [2.75, 3.05) is 5.32 Å². The zero-order valence-corrected chi connectivity index (χ0v) is 14.3. The smallest absolute Gasteiger partial charge is 0.282 e. The van der Waals surface area contributed by atoms with Crippen LogP contribution in [-0.2, 0) is 17.1 Å². The molecule has 2 rings (SSSR count). The topological polar surface area (TPSA) is 107 Å². The summed E-state index contributed by atoms with van der Waals surface area (Å²) in [5.41, 5.74) is 0.978. The summed E-state index contributed by atoms with van der Waals surface area (Å²) in [5.74, 6) is 0. The molecule has 0 aliphatic heterocycles.